The molecule has 0 amide bonds. The van der Waals surface area contributed by atoms with Crippen molar-refractivity contribution in [3.63, 3.8) is 0 Å². The zero-order valence-corrected chi connectivity index (χ0v) is 19.5. The molecule has 1 nitrogen and oxygen atoms in total. The van der Waals surface area contributed by atoms with Crippen molar-refractivity contribution in [2.24, 2.45) is 0 Å². The predicted molar refractivity (Wildman–Crippen MR) is 118 cm³/mol. The summed E-state index contributed by atoms with van der Waals surface area (Å²) in [5.41, 5.74) is 0. The maximum absolute atomic E-state index is 6.16. The van der Waals surface area contributed by atoms with Gasteiger partial charge in [0.15, 0.2) is 8.32 Å². The van der Waals surface area contributed by atoms with Gasteiger partial charge in [-0.05, 0) is 31.0 Å². The molecule has 2 heteroatoms. The Bertz CT molecular complexity index is 315. The maximum Gasteiger partial charge on any atom is 0.192 e. The van der Waals surface area contributed by atoms with Gasteiger partial charge in [-0.1, -0.05) is 110 Å². The third-order valence-electron chi connectivity index (χ3n) is 5.74. The molecule has 150 valence electrons. The van der Waals surface area contributed by atoms with Crippen LogP contribution in [0.25, 0.3) is 0 Å². The Morgan fingerprint density at radius 3 is 1.56 bits per heavy atom. The standard InChI is InChI=1S/C23H48OSi/c1-7-8-9-10-11-12-13-14-15-16-17-18-19-20-21-22-24-25(5,6)23(2,3)4/h20-21H,7-19,22H2,1-6H3/b21-20+. The Balaban J connectivity index is 3.33. The lowest BCUT2D eigenvalue weighted by atomic mass is 10.0. The molecule has 0 unspecified atom stereocenters. The third-order valence-corrected chi connectivity index (χ3v) is 10.2. The van der Waals surface area contributed by atoms with Crippen LogP contribution in [0.4, 0.5) is 0 Å². The predicted octanol–water partition coefficient (Wildman–Crippen LogP) is 8.66. The summed E-state index contributed by atoms with van der Waals surface area (Å²) in [5.74, 6) is 0. The van der Waals surface area contributed by atoms with Gasteiger partial charge in [0.25, 0.3) is 0 Å². The van der Waals surface area contributed by atoms with E-state index in [-0.39, 0.29) is 0 Å². The molecule has 0 N–H and O–H groups in total. The molecule has 0 bridgehead atoms. The number of hydrogen-bond acceptors (Lipinski definition) is 1. The van der Waals surface area contributed by atoms with Crippen molar-refractivity contribution in [1.82, 2.24) is 0 Å². The van der Waals surface area contributed by atoms with E-state index in [4.69, 9.17) is 4.43 Å². The Kier molecular flexibility index (Phi) is 15.0. The van der Waals surface area contributed by atoms with E-state index in [1.165, 1.54) is 83.5 Å². The van der Waals surface area contributed by atoms with Crippen LogP contribution in [0.2, 0.25) is 18.1 Å². The minimum atomic E-state index is -1.56. The van der Waals surface area contributed by atoms with E-state index in [2.05, 4.69) is 52.9 Å². The molecule has 0 radical (unpaired) electrons. The maximum atomic E-state index is 6.16. The molecule has 0 aromatic rings. The SMILES string of the molecule is CCCCCCCCCCCCCC/C=C/CO[Si](C)(C)C(C)(C)C. The summed E-state index contributed by atoms with van der Waals surface area (Å²) < 4.78 is 6.16. The van der Waals surface area contributed by atoms with E-state index in [1.54, 1.807) is 0 Å². The van der Waals surface area contributed by atoms with Crippen molar-refractivity contribution in [2.45, 2.75) is 129 Å². The van der Waals surface area contributed by atoms with Gasteiger partial charge in [0, 0.05) is 0 Å². The molecule has 0 rings (SSSR count). The van der Waals surface area contributed by atoms with Gasteiger partial charge in [-0.3, -0.25) is 0 Å². The average Bonchev–Trinajstić information content (AvgIpc) is 2.53. The molecule has 25 heavy (non-hydrogen) atoms. The summed E-state index contributed by atoms with van der Waals surface area (Å²) in [7, 11) is -1.56. The van der Waals surface area contributed by atoms with Crippen LogP contribution in [0.15, 0.2) is 12.2 Å². The number of hydrogen-bond donors (Lipinski definition) is 0. The van der Waals surface area contributed by atoms with Crippen LogP contribution in [-0.2, 0) is 4.43 Å². The third kappa shape index (κ3) is 14.7. The summed E-state index contributed by atoms with van der Waals surface area (Å²) >= 11 is 0. The summed E-state index contributed by atoms with van der Waals surface area (Å²) in [6.45, 7) is 14.6. The normalized spacial score (nSPS) is 13.0. The number of rotatable bonds is 16. The fourth-order valence-electron chi connectivity index (χ4n) is 2.76. The van der Waals surface area contributed by atoms with Crippen LogP contribution in [0.3, 0.4) is 0 Å². The topological polar surface area (TPSA) is 9.23 Å². The van der Waals surface area contributed by atoms with Gasteiger partial charge >= 0.3 is 0 Å². The first-order valence-corrected chi connectivity index (χ1v) is 14.0. The van der Waals surface area contributed by atoms with Crippen molar-refractivity contribution in [2.75, 3.05) is 6.61 Å². The van der Waals surface area contributed by atoms with Crippen LogP contribution in [0, 0.1) is 0 Å². The van der Waals surface area contributed by atoms with Crippen molar-refractivity contribution in [1.29, 1.82) is 0 Å². The largest absolute Gasteiger partial charge is 0.413 e. The first-order chi connectivity index (χ1) is 11.8. The molecule has 0 aromatic carbocycles. The second kappa shape index (κ2) is 15.0. The second-order valence-electron chi connectivity index (χ2n) is 9.22. The van der Waals surface area contributed by atoms with Crippen molar-refractivity contribution in [3.05, 3.63) is 12.2 Å². The lowest BCUT2D eigenvalue weighted by Crippen LogP contribution is -2.40. The van der Waals surface area contributed by atoms with Crippen LogP contribution >= 0.6 is 0 Å². The van der Waals surface area contributed by atoms with Crippen LogP contribution in [0.1, 0.15) is 111 Å². The van der Waals surface area contributed by atoms with E-state index in [0.29, 0.717) is 5.04 Å². The quantitative estimate of drug-likeness (QED) is 0.150. The highest BCUT2D eigenvalue weighted by molar-refractivity contribution is 6.74. The molecular formula is C23H48OSi. The second-order valence-corrected chi connectivity index (χ2v) is 14.0. The molecule has 0 fully saturated rings. The van der Waals surface area contributed by atoms with Crippen molar-refractivity contribution < 1.29 is 4.43 Å². The highest BCUT2D eigenvalue weighted by Crippen LogP contribution is 2.36. The molecule has 0 aliphatic carbocycles. The Labute approximate surface area is 161 Å². The van der Waals surface area contributed by atoms with Gasteiger partial charge in [0.05, 0.1) is 6.61 Å². The number of allylic oxidation sites excluding steroid dienone is 1. The Morgan fingerprint density at radius 1 is 0.680 bits per heavy atom. The summed E-state index contributed by atoms with van der Waals surface area (Å²) in [6, 6.07) is 0. The van der Waals surface area contributed by atoms with E-state index in [1.807, 2.05) is 0 Å². The van der Waals surface area contributed by atoms with Crippen molar-refractivity contribution in [3.8, 4) is 0 Å². The summed E-state index contributed by atoms with van der Waals surface area (Å²) in [4.78, 5) is 0. The van der Waals surface area contributed by atoms with E-state index < -0.39 is 8.32 Å². The Morgan fingerprint density at radius 2 is 1.12 bits per heavy atom. The van der Waals surface area contributed by atoms with Gasteiger partial charge in [0.2, 0.25) is 0 Å². The van der Waals surface area contributed by atoms with Crippen LogP contribution < -0.4 is 0 Å². The molecule has 0 spiro atoms. The molecule has 0 aliphatic rings. The van der Waals surface area contributed by atoms with E-state index in [9.17, 15) is 0 Å². The van der Waals surface area contributed by atoms with Gasteiger partial charge in [0.1, 0.15) is 0 Å². The van der Waals surface area contributed by atoms with Gasteiger partial charge < -0.3 is 4.43 Å². The first kappa shape index (κ1) is 24.9. The molecule has 0 atom stereocenters. The summed E-state index contributed by atoms with van der Waals surface area (Å²) in [5, 5.41) is 0.316. The monoisotopic (exact) mass is 368 g/mol. The zero-order chi connectivity index (χ0) is 19.0. The lowest BCUT2D eigenvalue weighted by Gasteiger charge is -2.35. The smallest absolute Gasteiger partial charge is 0.192 e. The fraction of sp³-hybridized carbons (Fsp3) is 0.913. The number of unbranched alkanes of at least 4 members (excludes halogenated alkanes) is 12. The highest BCUT2D eigenvalue weighted by Gasteiger charge is 2.36. The molecule has 0 saturated heterocycles. The summed E-state index contributed by atoms with van der Waals surface area (Å²) in [6.07, 6.45) is 22.9. The van der Waals surface area contributed by atoms with Crippen LogP contribution in [0.5, 0.6) is 0 Å². The molecule has 0 saturated carbocycles. The first-order valence-electron chi connectivity index (χ1n) is 11.1. The molecule has 0 aromatic heterocycles. The molecular weight excluding hydrogens is 320 g/mol. The fourth-order valence-corrected chi connectivity index (χ4v) is 3.71. The minimum absolute atomic E-state index is 0.316. The van der Waals surface area contributed by atoms with E-state index in [0.717, 1.165) is 6.61 Å². The highest BCUT2D eigenvalue weighted by atomic mass is 28.4. The van der Waals surface area contributed by atoms with Crippen molar-refractivity contribution >= 4 is 8.32 Å². The molecule has 0 heterocycles. The Hall–Kier alpha value is -0.0831. The van der Waals surface area contributed by atoms with E-state index >= 15 is 0 Å². The zero-order valence-electron chi connectivity index (χ0n) is 18.5. The average molecular weight is 369 g/mol. The molecule has 0 aliphatic heterocycles. The minimum Gasteiger partial charge on any atom is -0.413 e. The van der Waals surface area contributed by atoms with Gasteiger partial charge in [-0.25, -0.2) is 0 Å². The van der Waals surface area contributed by atoms with Gasteiger partial charge in [-0.15, -0.1) is 0 Å². The lowest BCUT2D eigenvalue weighted by molar-refractivity contribution is 0.327. The van der Waals surface area contributed by atoms with Crippen LogP contribution in [-0.4, -0.2) is 14.9 Å². The van der Waals surface area contributed by atoms with Gasteiger partial charge in [-0.2, -0.15) is 0 Å².